The molecule has 1 heterocycles. The van der Waals surface area contributed by atoms with Gasteiger partial charge >= 0.3 is 0 Å². The Hall–Kier alpha value is -1.44. The number of nitrogens with zero attached hydrogens (tertiary/aromatic N) is 2. The number of hydrogen-bond acceptors (Lipinski definition) is 4. The summed E-state index contributed by atoms with van der Waals surface area (Å²) in [7, 11) is 0.366. The topological polar surface area (TPSA) is 69.7 Å². The second-order valence-electron chi connectivity index (χ2n) is 5.32. The Kier molecular flexibility index (Phi) is 4.65. The molecule has 1 aromatic rings. The van der Waals surface area contributed by atoms with Crippen LogP contribution in [0.4, 0.5) is 0 Å². The summed E-state index contributed by atoms with van der Waals surface area (Å²) in [5.41, 5.74) is 1.53. The second-order valence-corrected chi connectivity index (χ2v) is 7.30. The minimum absolute atomic E-state index is 0.0434. The van der Waals surface area contributed by atoms with Crippen molar-refractivity contribution in [2.24, 2.45) is 0 Å². The zero-order chi connectivity index (χ0) is 15.6. The Morgan fingerprint density at radius 2 is 2.05 bits per heavy atom. The molecule has 116 valence electrons. The maximum Gasteiger partial charge on any atom is 0.251 e. The van der Waals surface area contributed by atoms with Gasteiger partial charge in [-0.25, -0.2) is 8.42 Å². The standard InChI is InChI=1S/C14H21N3O3S/c1-15-14(18)12-6-4-5-11(9-12)13-10-17(21(3,19)20)8-7-16(13)2/h4-6,9,13H,7-8,10H2,1-3H3,(H,15,18)/t13-/m0/s1. The summed E-state index contributed by atoms with van der Waals surface area (Å²) in [6.07, 6.45) is 1.23. The fourth-order valence-corrected chi connectivity index (χ4v) is 3.37. The summed E-state index contributed by atoms with van der Waals surface area (Å²) in [5, 5.41) is 2.60. The number of piperazine rings is 1. The molecule has 1 amide bonds. The number of rotatable bonds is 3. The first-order valence-electron chi connectivity index (χ1n) is 6.80. The van der Waals surface area contributed by atoms with Crippen molar-refractivity contribution in [3.63, 3.8) is 0 Å². The monoisotopic (exact) mass is 311 g/mol. The van der Waals surface area contributed by atoms with Crippen LogP contribution in [-0.2, 0) is 10.0 Å². The molecule has 1 aliphatic rings. The molecule has 0 aromatic heterocycles. The molecule has 0 radical (unpaired) electrons. The van der Waals surface area contributed by atoms with Crippen molar-refractivity contribution in [3.05, 3.63) is 35.4 Å². The molecule has 1 aliphatic heterocycles. The Bertz CT molecular complexity index is 630. The molecule has 1 fully saturated rings. The number of carbonyl (C=O) groups excluding carboxylic acids is 1. The Balaban J connectivity index is 2.29. The number of nitrogens with one attached hydrogen (secondary N) is 1. The number of amides is 1. The smallest absolute Gasteiger partial charge is 0.251 e. The fraction of sp³-hybridized carbons (Fsp3) is 0.500. The van der Waals surface area contributed by atoms with E-state index < -0.39 is 10.0 Å². The van der Waals surface area contributed by atoms with E-state index in [0.717, 1.165) is 5.56 Å². The number of carbonyl (C=O) groups is 1. The summed E-state index contributed by atoms with van der Waals surface area (Å²) < 4.78 is 25.0. The predicted molar refractivity (Wildman–Crippen MR) is 81.6 cm³/mol. The highest BCUT2D eigenvalue weighted by Gasteiger charge is 2.30. The predicted octanol–water partition coefficient (Wildman–Crippen LogP) is 0.294. The third-order valence-corrected chi connectivity index (χ3v) is 5.11. The van der Waals surface area contributed by atoms with E-state index in [1.807, 2.05) is 25.2 Å². The maximum atomic E-state index is 11.7. The van der Waals surface area contributed by atoms with Crippen LogP contribution >= 0.6 is 0 Å². The highest BCUT2D eigenvalue weighted by atomic mass is 32.2. The molecular formula is C14H21N3O3S. The molecule has 0 spiro atoms. The molecule has 0 bridgehead atoms. The minimum Gasteiger partial charge on any atom is -0.355 e. The van der Waals surface area contributed by atoms with Crippen molar-refractivity contribution in [2.75, 3.05) is 40.0 Å². The van der Waals surface area contributed by atoms with E-state index in [4.69, 9.17) is 0 Å². The van der Waals surface area contributed by atoms with Crippen LogP contribution in [0.1, 0.15) is 22.0 Å². The van der Waals surface area contributed by atoms with Crippen LogP contribution in [-0.4, -0.2) is 63.5 Å². The van der Waals surface area contributed by atoms with Gasteiger partial charge in [-0.05, 0) is 24.7 Å². The van der Waals surface area contributed by atoms with Crippen LogP contribution in [0, 0.1) is 0 Å². The van der Waals surface area contributed by atoms with Gasteiger partial charge in [0.2, 0.25) is 10.0 Å². The summed E-state index contributed by atoms with van der Waals surface area (Å²) in [6, 6.07) is 7.29. The van der Waals surface area contributed by atoms with Crippen LogP contribution in [0.25, 0.3) is 0 Å². The van der Waals surface area contributed by atoms with Gasteiger partial charge in [0.1, 0.15) is 0 Å². The average molecular weight is 311 g/mol. The van der Waals surface area contributed by atoms with E-state index in [1.54, 1.807) is 13.1 Å². The second kappa shape index (κ2) is 6.13. The fourth-order valence-electron chi connectivity index (χ4n) is 2.54. The molecule has 0 aliphatic carbocycles. The Labute approximate surface area is 125 Å². The lowest BCUT2D eigenvalue weighted by atomic mass is 10.0. The van der Waals surface area contributed by atoms with E-state index in [0.29, 0.717) is 25.2 Å². The number of hydrogen-bond donors (Lipinski definition) is 1. The third kappa shape index (κ3) is 3.61. The lowest BCUT2D eigenvalue weighted by Crippen LogP contribution is -2.48. The quantitative estimate of drug-likeness (QED) is 0.871. The van der Waals surface area contributed by atoms with Gasteiger partial charge in [0.05, 0.1) is 6.26 Å². The molecule has 1 N–H and O–H groups in total. The highest BCUT2D eigenvalue weighted by molar-refractivity contribution is 7.88. The van der Waals surface area contributed by atoms with Crippen LogP contribution in [0.2, 0.25) is 0 Å². The summed E-state index contributed by atoms with van der Waals surface area (Å²) in [4.78, 5) is 13.8. The number of benzene rings is 1. The van der Waals surface area contributed by atoms with E-state index in [9.17, 15) is 13.2 Å². The maximum absolute atomic E-state index is 11.7. The number of likely N-dealkylation sites (N-methyl/N-ethyl adjacent to an activating group) is 1. The van der Waals surface area contributed by atoms with E-state index in [-0.39, 0.29) is 11.9 Å². The van der Waals surface area contributed by atoms with Crippen LogP contribution in [0.15, 0.2) is 24.3 Å². The van der Waals surface area contributed by atoms with Gasteiger partial charge < -0.3 is 5.32 Å². The van der Waals surface area contributed by atoms with Crippen molar-refractivity contribution in [3.8, 4) is 0 Å². The van der Waals surface area contributed by atoms with Gasteiger partial charge in [-0.3, -0.25) is 9.69 Å². The van der Waals surface area contributed by atoms with Crippen LogP contribution in [0.5, 0.6) is 0 Å². The summed E-state index contributed by atoms with van der Waals surface area (Å²) >= 11 is 0. The van der Waals surface area contributed by atoms with Crippen molar-refractivity contribution < 1.29 is 13.2 Å². The average Bonchev–Trinajstić information content (AvgIpc) is 2.45. The first kappa shape index (κ1) is 15.9. The molecule has 6 nitrogen and oxygen atoms in total. The van der Waals surface area contributed by atoms with E-state index >= 15 is 0 Å². The van der Waals surface area contributed by atoms with Crippen molar-refractivity contribution in [2.45, 2.75) is 6.04 Å². The Morgan fingerprint density at radius 3 is 2.67 bits per heavy atom. The SMILES string of the molecule is CNC(=O)c1cccc([C@@H]2CN(S(C)(=O)=O)CCN2C)c1. The van der Waals surface area contributed by atoms with E-state index in [1.165, 1.54) is 10.6 Å². The molecule has 1 saturated heterocycles. The van der Waals surface area contributed by atoms with Gasteiger partial charge in [-0.1, -0.05) is 12.1 Å². The highest BCUT2D eigenvalue weighted by Crippen LogP contribution is 2.25. The summed E-state index contributed by atoms with van der Waals surface area (Å²) in [6.45, 7) is 1.58. The summed E-state index contributed by atoms with van der Waals surface area (Å²) in [5.74, 6) is -0.143. The third-order valence-electron chi connectivity index (χ3n) is 3.84. The molecule has 0 unspecified atom stereocenters. The van der Waals surface area contributed by atoms with Gasteiger partial charge in [-0.15, -0.1) is 0 Å². The Morgan fingerprint density at radius 1 is 1.33 bits per heavy atom. The van der Waals surface area contributed by atoms with Gasteiger partial charge in [0.15, 0.2) is 0 Å². The zero-order valence-electron chi connectivity index (χ0n) is 12.5. The van der Waals surface area contributed by atoms with Crippen molar-refractivity contribution in [1.82, 2.24) is 14.5 Å². The zero-order valence-corrected chi connectivity index (χ0v) is 13.4. The molecule has 2 rings (SSSR count). The largest absolute Gasteiger partial charge is 0.355 e. The first-order chi connectivity index (χ1) is 9.82. The van der Waals surface area contributed by atoms with E-state index in [2.05, 4.69) is 10.2 Å². The molecule has 1 aromatic carbocycles. The van der Waals surface area contributed by atoms with Crippen LogP contribution in [0.3, 0.4) is 0 Å². The molecular weight excluding hydrogens is 290 g/mol. The molecule has 1 atom stereocenters. The molecule has 7 heteroatoms. The van der Waals surface area contributed by atoms with Gasteiger partial charge in [0, 0.05) is 38.3 Å². The molecule has 21 heavy (non-hydrogen) atoms. The molecule has 0 saturated carbocycles. The lowest BCUT2D eigenvalue weighted by Gasteiger charge is -2.38. The van der Waals surface area contributed by atoms with Crippen molar-refractivity contribution in [1.29, 1.82) is 0 Å². The number of sulfonamides is 1. The van der Waals surface area contributed by atoms with Gasteiger partial charge in [0.25, 0.3) is 5.91 Å². The van der Waals surface area contributed by atoms with Crippen LogP contribution < -0.4 is 5.32 Å². The van der Waals surface area contributed by atoms with Crippen molar-refractivity contribution >= 4 is 15.9 Å². The first-order valence-corrected chi connectivity index (χ1v) is 8.65. The normalized spacial score (nSPS) is 21.2. The van der Waals surface area contributed by atoms with Gasteiger partial charge in [-0.2, -0.15) is 4.31 Å². The minimum atomic E-state index is -3.19. The lowest BCUT2D eigenvalue weighted by molar-refractivity contribution is 0.0962.